The lowest BCUT2D eigenvalue weighted by atomic mass is 10.3. The minimum atomic E-state index is -0.498. The van der Waals surface area contributed by atoms with E-state index in [1.807, 2.05) is 13.8 Å². The Balaban J connectivity index is 1.69. The van der Waals surface area contributed by atoms with E-state index in [2.05, 4.69) is 26.3 Å². The van der Waals surface area contributed by atoms with E-state index < -0.39 is 10.8 Å². The quantitative estimate of drug-likeness (QED) is 0.496. The Morgan fingerprint density at radius 1 is 1.27 bits per heavy atom. The fourth-order valence-electron chi connectivity index (χ4n) is 2.42. The van der Waals surface area contributed by atoms with E-state index in [1.54, 1.807) is 16.8 Å². The average Bonchev–Trinajstić information content (AvgIpc) is 3.17. The van der Waals surface area contributed by atoms with Crippen LogP contribution in [0.25, 0.3) is 0 Å². The van der Waals surface area contributed by atoms with Gasteiger partial charge >= 0.3 is 0 Å². The molecule has 0 aliphatic rings. The van der Waals surface area contributed by atoms with Gasteiger partial charge in [-0.05, 0) is 54.0 Å². The summed E-state index contributed by atoms with van der Waals surface area (Å²) in [5, 5.41) is 17.7. The molecule has 0 saturated carbocycles. The Labute approximate surface area is 157 Å². The topological polar surface area (TPSA) is 103 Å². The normalized spacial score (nSPS) is 10.7. The number of hydrogen-bond donors (Lipinski definition) is 1. The summed E-state index contributed by atoms with van der Waals surface area (Å²) >= 11 is 3.47. The SMILES string of the molecule is Cc1nn(Cc2ccc(C(=O)Nc3ccc([N+](=O)[O-])cc3)o2)c(C)c1Br. The van der Waals surface area contributed by atoms with Crippen molar-refractivity contribution in [2.45, 2.75) is 20.4 Å². The van der Waals surface area contributed by atoms with Gasteiger partial charge in [0.1, 0.15) is 5.76 Å². The van der Waals surface area contributed by atoms with Crippen LogP contribution in [0.5, 0.6) is 0 Å². The first kappa shape index (κ1) is 17.9. The second-order valence-corrected chi connectivity index (χ2v) is 6.46. The summed E-state index contributed by atoms with van der Waals surface area (Å²) in [6, 6.07) is 8.88. The van der Waals surface area contributed by atoms with Crippen molar-refractivity contribution < 1.29 is 14.1 Å². The van der Waals surface area contributed by atoms with Gasteiger partial charge in [-0.15, -0.1) is 0 Å². The Hall–Kier alpha value is -2.94. The molecule has 0 spiro atoms. The van der Waals surface area contributed by atoms with Crippen molar-refractivity contribution in [3.05, 3.63) is 73.9 Å². The fraction of sp³-hybridized carbons (Fsp3) is 0.176. The van der Waals surface area contributed by atoms with Gasteiger partial charge in [0, 0.05) is 17.8 Å². The molecule has 0 saturated heterocycles. The van der Waals surface area contributed by atoms with E-state index in [1.165, 1.54) is 24.3 Å². The molecular formula is C17H15BrN4O4. The lowest BCUT2D eigenvalue weighted by Crippen LogP contribution is -2.11. The van der Waals surface area contributed by atoms with Crippen LogP contribution in [-0.4, -0.2) is 20.6 Å². The molecule has 26 heavy (non-hydrogen) atoms. The van der Waals surface area contributed by atoms with Crippen molar-refractivity contribution in [2.24, 2.45) is 0 Å². The Kier molecular flexibility index (Phi) is 4.90. The summed E-state index contributed by atoms with van der Waals surface area (Å²) in [5.74, 6) is 0.315. The summed E-state index contributed by atoms with van der Waals surface area (Å²) in [5.41, 5.74) is 2.25. The average molecular weight is 419 g/mol. The van der Waals surface area contributed by atoms with Gasteiger partial charge in [-0.1, -0.05) is 0 Å². The minimum absolute atomic E-state index is 0.0423. The molecule has 0 unspecified atom stereocenters. The lowest BCUT2D eigenvalue weighted by molar-refractivity contribution is -0.384. The Bertz CT molecular complexity index is 975. The molecule has 134 valence electrons. The minimum Gasteiger partial charge on any atom is -0.454 e. The van der Waals surface area contributed by atoms with E-state index in [9.17, 15) is 14.9 Å². The number of nitro groups is 1. The maximum absolute atomic E-state index is 12.3. The number of aromatic nitrogens is 2. The number of carbonyl (C=O) groups excluding carboxylic acids is 1. The van der Waals surface area contributed by atoms with Gasteiger partial charge < -0.3 is 9.73 Å². The van der Waals surface area contributed by atoms with Gasteiger partial charge in [0.25, 0.3) is 11.6 Å². The predicted molar refractivity (Wildman–Crippen MR) is 98.3 cm³/mol. The van der Waals surface area contributed by atoms with Crippen LogP contribution in [0.1, 0.15) is 27.7 Å². The first-order chi connectivity index (χ1) is 12.3. The first-order valence-corrected chi connectivity index (χ1v) is 8.48. The second-order valence-electron chi connectivity index (χ2n) is 5.67. The van der Waals surface area contributed by atoms with Crippen molar-refractivity contribution in [2.75, 3.05) is 5.32 Å². The molecule has 0 aliphatic heterocycles. The smallest absolute Gasteiger partial charge is 0.291 e. The van der Waals surface area contributed by atoms with E-state index in [0.717, 1.165) is 15.9 Å². The van der Waals surface area contributed by atoms with E-state index in [0.29, 0.717) is 18.0 Å². The second kappa shape index (κ2) is 7.12. The molecule has 0 fully saturated rings. The van der Waals surface area contributed by atoms with Crippen LogP contribution < -0.4 is 5.32 Å². The third-order valence-corrected chi connectivity index (χ3v) is 4.97. The summed E-state index contributed by atoms with van der Waals surface area (Å²) < 4.78 is 8.32. The zero-order chi connectivity index (χ0) is 18.8. The maximum atomic E-state index is 12.3. The van der Waals surface area contributed by atoms with Crippen molar-refractivity contribution in [3.8, 4) is 0 Å². The van der Waals surface area contributed by atoms with Gasteiger partial charge in [0.15, 0.2) is 5.76 Å². The number of aryl methyl sites for hydroxylation is 1. The van der Waals surface area contributed by atoms with Gasteiger partial charge in [-0.2, -0.15) is 5.10 Å². The lowest BCUT2D eigenvalue weighted by Gasteiger charge is -2.03. The summed E-state index contributed by atoms with van der Waals surface area (Å²) in [7, 11) is 0. The number of nitrogens with zero attached hydrogens (tertiary/aromatic N) is 3. The molecule has 1 N–H and O–H groups in total. The fourth-order valence-corrected chi connectivity index (χ4v) is 2.70. The molecule has 0 bridgehead atoms. The van der Waals surface area contributed by atoms with Crippen molar-refractivity contribution in [3.63, 3.8) is 0 Å². The van der Waals surface area contributed by atoms with Crippen LogP contribution in [0.2, 0.25) is 0 Å². The van der Waals surface area contributed by atoms with Gasteiger partial charge in [-0.25, -0.2) is 0 Å². The van der Waals surface area contributed by atoms with E-state index in [-0.39, 0.29) is 11.4 Å². The third kappa shape index (κ3) is 3.67. The number of rotatable bonds is 5. The van der Waals surface area contributed by atoms with Gasteiger partial charge in [0.2, 0.25) is 0 Å². The molecular weight excluding hydrogens is 404 g/mol. The largest absolute Gasteiger partial charge is 0.454 e. The van der Waals surface area contributed by atoms with Crippen molar-refractivity contribution in [1.82, 2.24) is 9.78 Å². The summed E-state index contributed by atoms with van der Waals surface area (Å²) in [4.78, 5) is 22.4. The third-order valence-electron chi connectivity index (χ3n) is 3.82. The standard InChI is InChI=1S/C17H15BrN4O4/c1-10-16(18)11(2)21(20-10)9-14-7-8-15(26-14)17(23)19-12-3-5-13(6-4-12)22(24)25/h3-8H,9H2,1-2H3,(H,19,23). The van der Waals surface area contributed by atoms with E-state index in [4.69, 9.17) is 4.42 Å². The number of furan rings is 1. The van der Waals surface area contributed by atoms with Crippen LogP contribution in [0.3, 0.4) is 0 Å². The maximum Gasteiger partial charge on any atom is 0.291 e. The van der Waals surface area contributed by atoms with Gasteiger partial charge in [0.05, 0.1) is 27.3 Å². The molecule has 3 aromatic rings. The predicted octanol–water partition coefficient (Wildman–Crippen LogP) is 4.06. The number of amides is 1. The monoisotopic (exact) mass is 418 g/mol. The van der Waals surface area contributed by atoms with Crippen LogP contribution in [-0.2, 0) is 6.54 Å². The molecule has 0 atom stereocenters. The van der Waals surface area contributed by atoms with Crippen LogP contribution in [0.4, 0.5) is 11.4 Å². The molecule has 1 amide bonds. The number of nitrogens with one attached hydrogen (secondary N) is 1. The Morgan fingerprint density at radius 2 is 1.96 bits per heavy atom. The van der Waals surface area contributed by atoms with Crippen molar-refractivity contribution >= 4 is 33.2 Å². The number of carbonyl (C=O) groups is 1. The molecule has 9 heteroatoms. The molecule has 0 radical (unpaired) electrons. The molecule has 1 aromatic carbocycles. The number of benzene rings is 1. The number of non-ortho nitro benzene ring substituents is 1. The summed E-state index contributed by atoms with van der Waals surface area (Å²) in [6.45, 7) is 4.25. The first-order valence-electron chi connectivity index (χ1n) is 7.69. The number of halogens is 1. The number of hydrogen-bond acceptors (Lipinski definition) is 5. The summed E-state index contributed by atoms with van der Waals surface area (Å²) in [6.07, 6.45) is 0. The van der Waals surface area contributed by atoms with Crippen LogP contribution >= 0.6 is 15.9 Å². The van der Waals surface area contributed by atoms with Crippen LogP contribution in [0, 0.1) is 24.0 Å². The molecule has 0 aliphatic carbocycles. The highest BCUT2D eigenvalue weighted by Crippen LogP contribution is 2.21. The number of anilines is 1. The number of nitro benzene ring substituents is 1. The van der Waals surface area contributed by atoms with Crippen LogP contribution in [0.15, 0.2) is 45.3 Å². The highest BCUT2D eigenvalue weighted by molar-refractivity contribution is 9.10. The van der Waals surface area contributed by atoms with E-state index >= 15 is 0 Å². The molecule has 8 nitrogen and oxygen atoms in total. The zero-order valence-corrected chi connectivity index (χ0v) is 15.6. The molecule has 3 rings (SSSR count). The Morgan fingerprint density at radius 3 is 2.54 bits per heavy atom. The zero-order valence-electron chi connectivity index (χ0n) is 14.0. The molecule has 2 aromatic heterocycles. The molecule has 2 heterocycles. The van der Waals surface area contributed by atoms with Crippen molar-refractivity contribution in [1.29, 1.82) is 0 Å². The highest BCUT2D eigenvalue weighted by atomic mass is 79.9. The highest BCUT2D eigenvalue weighted by Gasteiger charge is 2.15. The van der Waals surface area contributed by atoms with Gasteiger partial charge in [-0.3, -0.25) is 19.6 Å².